The van der Waals surface area contributed by atoms with Gasteiger partial charge in [-0.2, -0.15) is 4.31 Å². The van der Waals surface area contributed by atoms with Crippen molar-refractivity contribution in [1.29, 1.82) is 0 Å². The minimum Gasteiger partial charge on any atom is -0.236 e. The maximum Gasteiger partial charge on any atom is 0.254 e. The number of thiazole rings is 1. The van der Waals surface area contributed by atoms with Crippen molar-refractivity contribution in [1.82, 2.24) is 9.29 Å². The molecule has 0 aromatic carbocycles. The number of hydrogen-bond donors (Lipinski definition) is 0. The van der Waals surface area contributed by atoms with Gasteiger partial charge in [-0.3, -0.25) is 0 Å². The van der Waals surface area contributed by atoms with Crippen LogP contribution in [-0.4, -0.2) is 30.8 Å². The maximum atomic E-state index is 12.1. The van der Waals surface area contributed by atoms with Crippen molar-refractivity contribution in [3.05, 3.63) is 10.1 Å². The Labute approximate surface area is 101 Å². The van der Waals surface area contributed by atoms with E-state index < -0.39 is 10.0 Å². The number of nitrogens with zero attached hydrogens (tertiary/aromatic N) is 2. The first-order chi connectivity index (χ1) is 7.10. The molecule has 0 spiro atoms. The monoisotopic (exact) mass is 310 g/mol. The van der Waals surface area contributed by atoms with Gasteiger partial charge in [-0.05, 0) is 28.8 Å². The second-order valence-electron chi connectivity index (χ2n) is 3.40. The van der Waals surface area contributed by atoms with Crippen LogP contribution in [0.4, 0.5) is 0 Å². The lowest BCUT2D eigenvalue weighted by atomic mass is 10.2. The van der Waals surface area contributed by atoms with Gasteiger partial charge in [0.05, 0.1) is 6.20 Å². The highest BCUT2D eigenvalue weighted by molar-refractivity contribution is 9.11. The molecular weight excluding hydrogens is 300 g/mol. The predicted molar refractivity (Wildman–Crippen MR) is 62.4 cm³/mol. The second kappa shape index (κ2) is 4.48. The van der Waals surface area contributed by atoms with Crippen LogP contribution in [0.2, 0.25) is 0 Å². The van der Waals surface area contributed by atoms with Crippen molar-refractivity contribution in [2.75, 3.05) is 13.1 Å². The van der Waals surface area contributed by atoms with Gasteiger partial charge in [0.25, 0.3) is 10.0 Å². The van der Waals surface area contributed by atoms with Crippen molar-refractivity contribution in [2.45, 2.75) is 23.5 Å². The van der Waals surface area contributed by atoms with Gasteiger partial charge in [-0.25, -0.2) is 13.4 Å². The standard InChI is InChI=1S/C8H11BrN2O2S2/c9-8-10-6-7(14-8)15(12,13)11-4-2-1-3-5-11/h6H,1-5H2. The Morgan fingerprint density at radius 2 is 2.00 bits per heavy atom. The van der Waals surface area contributed by atoms with Crippen molar-refractivity contribution < 1.29 is 8.42 Å². The fraction of sp³-hybridized carbons (Fsp3) is 0.625. The normalized spacial score (nSPS) is 19.3. The molecule has 15 heavy (non-hydrogen) atoms. The fourth-order valence-electron chi connectivity index (χ4n) is 1.59. The third-order valence-corrected chi connectivity index (χ3v) is 6.18. The number of halogens is 1. The lowest BCUT2D eigenvalue weighted by molar-refractivity contribution is 0.347. The number of aromatic nitrogens is 1. The molecule has 0 radical (unpaired) electrons. The van der Waals surface area contributed by atoms with Crippen LogP contribution in [0.1, 0.15) is 19.3 Å². The lowest BCUT2D eigenvalue weighted by Crippen LogP contribution is -2.35. The quantitative estimate of drug-likeness (QED) is 0.840. The Bertz CT molecular complexity index is 437. The van der Waals surface area contributed by atoms with Crippen LogP contribution in [0.3, 0.4) is 0 Å². The van der Waals surface area contributed by atoms with Crippen LogP contribution >= 0.6 is 27.3 Å². The van der Waals surface area contributed by atoms with E-state index in [0.717, 1.165) is 30.6 Å². The average Bonchev–Trinajstić information content (AvgIpc) is 2.67. The van der Waals surface area contributed by atoms with E-state index in [-0.39, 0.29) is 0 Å². The summed E-state index contributed by atoms with van der Waals surface area (Å²) in [4.78, 5) is 3.91. The number of hydrogen-bond acceptors (Lipinski definition) is 4. The van der Waals surface area contributed by atoms with Crippen LogP contribution < -0.4 is 0 Å². The zero-order valence-corrected chi connectivity index (χ0v) is 11.2. The van der Waals surface area contributed by atoms with Crippen LogP contribution in [-0.2, 0) is 10.0 Å². The molecule has 1 aromatic rings. The highest BCUT2D eigenvalue weighted by Crippen LogP contribution is 2.27. The highest BCUT2D eigenvalue weighted by atomic mass is 79.9. The summed E-state index contributed by atoms with van der Waals surface area (Å²) in [7, 11) is -3.28. The van der Waals surface area contributed by atoms with Crippen molar-refractivity contribution in [3.8, 4) is 0 Å². The largest absolute Gasteiger partial charge is 0.254 e. The fourth-order valence-corrected chi connectivity index (χ4v) is 5.07. The third kappa shape index (κ3) is 2.41. The van der Waals surface area contributed by atoms with Gasteiger partial charge in [0.2, 0.25) is 0 Å². The SMILES string of the molecule is O=S(=O)(c1cnc(Br)s1)N1CCCCC1. The molecule has 4 nitrogen and oxygen atoms in total. The first-order valence-corrected chi connectivity index (χ1v) is 7.77. The summed E-state index contributed by atoms with van der Waals surface area (Å²) in [6.07, 6.45) is 4.45. The highest BCUT2D eigenvalue weighted by Gasteiger charge is 2.27. The zero-order valence-electron chi connectivity index (χ0n) is 8.02. The number of sulfonamides is 1. The summed E-state index contributed by atoms with van der Waals surface area (Å²) in [5.74, 6) is 0. The number of piperidine rings is 1. The molecule has 1 aliphatic rings. The van der Waals surface area contributed by atoms with Crippen LogP contribution in [0.25, 0.3) is 0 Å². The Hall–Kier alpha value is 0.0200. The molecule has 0 unspecified atom stereocenters. The van der Waals surface area contributed by atoms with Gasteiger partial charge in [-0.15, -0.1) is 0 Å². The summed E-state index contributed by atoms with van der Waals surface area (Å²) in [6.45, 7) is 1.27. The summed E-state index contributed by atoms with van der Waals surface area (Å²) in [5.41, 5.74) is 0. The van der Waals surface area contributed by atoms with E-state index in [0.29, 0.717) is 21.2 Å². The van der Waals surface area contributed by atoms with E-state index in [2.05, 4.69) is 20.9 Å². The topological polar surface area (TPSA) is 50.3 Å². The summed E-state index contributed by atoms with van der Waals surface area (Å²) >= 11 is 4.34. The summed E-state index contributed by atoms with van der Waals surface area (Å²) in [6, 6.07) is 0. The Kier molecular flexibility index (Phi) is 3.44. The first kappa shape index (κ1) is 11.5. The van der Waals surface area contributed by atoms with Gasteiger partial charge in [0, 0.05) is 13.1 Å². The molecule has 0 aliphatic carbocycles. The minimum atomic E-state index is -3.28. The van der Waals surface area contributed by atoms with Gasteiger partial charge >= 0.3 is 0 Å². The molecule has 0 atom stereocenters. The van der Waals surface area contributed by atoms with Crippen molar-refractivity contribution in [2.24, 2.45) is 0 Å². The van der Waals surface area contributed by atoms with Gasteiger partial charge < -0.3 is 0 Å². The predicted octanol–water partition coefficient (Wildman–Crippen LogP) is 2.08. The van der Waals surface area contributed by atoms with Gasteiger partial charge in [-0.1, -0.05) is 17.8 Å². The third-order valence-electron chi connectivity index (χ3n) is 2.37. The molecule has 7 heteroatoms. The molecule has 0 amide bonds. The Morgan fingerprint density at radius 1 is 1.33 bits per heavy atom. The maximum absolute atomic E-state index is 12.1. The molecule has 1 saturated heterocycles. The molecule has 1 aliphatic heterocycles. The molecule has 2 heterocycles. The second-order valence-corrected chi connectivity index (χ2v) is 7.87. The van der Waals surface area contributed by atoms with E-state index in [1.165, 1.54) is 6.20 Å². The Morgan fingerprint density at radius 3 is 2.53 bits per heavy atom. The van der Waals surface area contributed by atoms with E-state index in [1.54, 1.807) is 4.31 Å². The van der Waals surface area contributed by atoms with Gasteiger partial charge in [0.1, 0.15) is 0 Å². The van der Waals surface area contributed by atoms with E-state index in [9.17, 15) is 8.42 Å². The minimum absolute atomic E-state index is 0.330. The van der Waals surface area contributed by atoms with E-state index in [4.69, 9.17) is 0 Å². The van der Waals surface area contributed by atoms with Crippen molar-refractivity contribution in [3.63, 3.8) is 0 Å². The smallest absolute Gasteiger partial charge is 0.236 e. The van der Waals surface area contributed by atoms with E-state index in [1.807, 2.05) is 0 Å². The summed E-state index contributed by atoms with van der Waals surface area (Å²) < 4.78 is 26.6. The van der Waals surface area contributed by atoms with Gasteiger partial charge in [0.15, 0.2) is 8.13 Å². The molecule has 0 N–H and O–H groups in total. The number of rotatable bonds is 2. The Balaban J connectivity index is 2.26. The molecule has 2 rings (SSSR count). The molecular formula is C8H11BrN2O2S2. The molecule has 1 aromatic heterocycles. The van der Waals surface area contributed by atoms with Crippen LogP contribution in [0.15, 0.2) is 14.3 Å². The zero-order chi connectivity index (χ0) is 10.9. The van der Waals surface area contributed by atoms with E-state index >= 15 is 0 Å². The molecule has 0 saturated carbocycles. The molecule has 0 bridgehead atoms. The average molecular weight is 311 g/mol. The van der Waals surface area contributed by atoms with Crippen LogP contribution in [0, 0.1) is 0 Å². The first-order valence-electron chi connectivity index (χ1n) is 4.72. The lowest BCUT2D eigenvalue weighted by Gasteiger charge is -2.24. The van der Waals surface area contributed by atoms with Crippen molar-refractivity contribution >= 4 is 37.3 Å². The summed E-state index contributed by atoms with van der Waals surface area (Å²) in [5, 5.41) is 0. The molecule has 84 valence electrons. The molecule has 1 fully saturated rings. The van der Waals surface area contributed by atoms with Crippen LogP contribution in [0.5, 0.6) is 0 Å².